The van der Waals surface area contributed by atoms with Crippen LogP contribution in [-0.2, 0) is 6.54 Å². The van der Waals surface area contributed by atoms with Crippen molar-refractivity contribution in [1.29, 1.82) is 5.26 Å². The Labute approximate surface area is 196 Å². The Morgan fingerprint density at radius 2 is 1.94 bits per heavy atom. The molecule has 7 heteroatoms. The summed E-state index contributed by atoms with van der Waals surface area (Å²) in [6.45, 7) is 13.2. The lowest BCUT2D eigenvalue weighted by molar-refractivity contribution is 0.251. The second-order valence-electron chi connectivity index (χ2n) is 9.17. The average molecular weight is 449 g/mol. The molecule has 3 heterocycles. The number of halogens is 1. The normalized spacial score (nSPS) is 18.3. The standard InChI is InChI=1S/C26H33FN6/c1-19-16-22(6-7-23(19)27)24-18-33(15-14-31-10-4-5-11-31)26(30-24)21-8-12-32(13-9-21)25(29-3)20(2)17-28/h6-7,16,18,21H,3-5,8-15H2,1-2H3. The number of hydrogen-bond acceptors (Lipinski definition) is 5. The van der Waals surface area contributed by atoms with Gasteiger partial charge in [0.2, 0.25) is 0 Å². The molecule has 2 saturated heterocycles. The van der Waals surface area contributed by atoms with Gasteiger partial charge >= 0.3 is 0 Å². The number of benzene rings is 1. The largest absolute Gasteiger partial charge is 0.356 e. The highest BCUT2D eigenvalue weighted by Crippen LogP contribution is 2.32. The van der Waals surface area contributed by atoms with Crippen LogP contribution in [0.5, 0.6) is 0 Å². The second-order valence-corrected chi connectivity index (χ2v) is 9.17. The van der Waals surface area contributed by atoms with Gasteiger partial charge in [0.05, 0.1) is 17.3 Å². The molecule has 0 amide bonds. The number of rotatable bonds is 7. The van der Waals surface area contributed by atoms with E-state index in [9.17, 15) is 9.65 Å². The van der Waals surface area contributed by atoms with Crippen molar-refractivity contribution in [2.75, 3.05) is 32.7 Å². The molecule has 0 radical (unpaired) electrons. The quantitative estimate of drug-likeness (QED) is 0.454. The first-order valence-corrected chi connectivity index (χ1v) is 11.9. The third-order valence-electron chi connectivity index (χ3n) is 6.93. The Hall–Kier alpha value is -2.98. The van der Waals surface area contributed by atoms with Crippen LogP contribution in [0.2, 0.25) is 0 Å². The Balaban J connectivity index is 1.56. The Morgan fingerprint density at radius 3 is 2.58 bits per heavy atom. The zero-order valence-corrected chi connectivity index (χ0v) is 19.7. The number of aryl methyl sites for hydroxylation is 1. The van der Waals surface area contributed by atoms with Crippen LogP contribution in [0.15, 0.2) is 40.8 Å². The van der Waals surface area contributed by atoms with E-state index in [1.165, 1.54) is 32.0 Å². The van der Waals surface area contributed by atoms with E-state index in [1.54, 1.807) is 13.8 Å². The number of piperidine rings is 1. The molecule has 0 unspecified atom stereocenters. The molecule has 2 fully saturated rings. The highest BCUT2D eigenvalue weighted by molar-refractivity contribution is 5.60. The predicted molar refractivity (Wildman–Crippen MR) is 129 cm³/mol. The van der Waals surface area contributed by atoms with Crippen LogP contribution in [0.25, 0.3) is 11.3 Å². The van der Waals surface area contributed by atoms with Crippen LogP contribution in [0.1, 0.15) is 49.9 Å². The molecular formula is C26H33FN6. The summed E-state index contributed by atoms with van der Waals surface area (Å²) in [7, 11) is 0. The molecule has 33 heavy (non-hydrogen) atoms. The molecular weight excluding hydrogens is 415 g/mol. The Bertz CT molecular complexity index is 1060. The molecule has 0 N–H and O–H groups in total. The molecule has 1 aromatic heterocycles. The number of nitriles is 1. The van der Waals surface area contributed by atoms with Crippen LogP contribution in [0.4, 0.5) is 4.39 Å². The Morgan fingerprint density at radius 1 is 1.21 bits per heavy atom. The minimum atomic E-state index is -0.188. The van der Waals surface area contributed by atoms with Crippen molar-refractivity contribution in [3.8, 4) is 17.3 Å². The molecule has 0 bridgehead atoms. The molecule has 0 atom stereocenters. The van der Waals surface area contributed by atoms with E-state index in [1.807, 2.05) is 12.1 Å². The molecule has 0 saturated carbocycles. The van der Waals surface area contributed by atoms with E-state index < -0.39 is 0 Å². The third kappa shape index (κ3) is 5.17. The average Bonchev–Trinajstić information content (AvgIpc) is 3.50. The van der Waals surface area contributed by atoms with Crippen molar-refractivity contribution in [2.24, 2.45) is 4.99 Å². The fourth-order valence-electron chi connectivity index (χ4n) is 4.99. The first kappa shape index (κ1) is 23.2. The summed E-state index contributed by atoms with van der Waals surface area (Å²) < 4.78 is 16.1. The summed E-state index contributed by atoms with van der Waals surface area (Å²) in [6.07, 6.45) is 6.59. The van der Waals surface area contributed by atoms with Gasteiger partial charge in [0, 0.05) is 43.9 Å². The van der Waals surface area contributed by atoms with E-state index >= 15 is 0 Å². The number of imidazole rings is 1. The zero-order valence-electron chi connectivity index (χ0n) is 19.7. The van der Waals surface area contributed by atoms with Gasteiger partial charge in [0.1, 0.15) is 17.5 Å². The van der Waals surface area contributed by atoms with Crippen LogP contribution < -0.4 is 0 Å². The smallest absolute Gasteiger partial charge is 0.141 e. The van der Waals surface area contributed by atoms with Gasteiger partial charge in [-0.15, -0.1) is 0 Å². The number of hydrogen-bond donors (Lipinski definition) is 0. The number of allylic oxidation sites excluding steroid dienone is 1. The monoisotopic (exact) mass is 448 g/mol. The molecule has 2 aromatic rings. The summed E-state index contributed by atoms with van der Waals surface area (Å²) in [6, 6.07) is 7.42. The first-order valence-electron chi connectivity index (χ1n) is 11.9. The summed E-state index contributed by atoms with van der Waals surface area (Å²) >= 11 is 0. The lowest BCUT2D eigenvalue weighted by Gasteiger charge is -2.33. The topological polar surface area (TPSA) is 60.5 Å². The third-order valence-corrected chi connectivity index (χ3v) is 6.93. The number of aliphatic imine (C=N–C) groups is 1. The summed E-state index contributed by atoms with van der Waals surface area (Å²) in [5.41, 5.74) is 3.10. The molecule has 4 rings (SSSR count). The van der Waals surface area contributed by atoms with E-state index in [4.69, 9.17) is 4.98 Å². The van der Waals surface area contributed by atoms with Crippen LogP contribution >= 0.6 is 0 Å². The molecule has 1 aromatic carbocycles. The van der Waals surface area contributed by atoms with Crippen molar-refractivity contribution in [3.63, 3.8) is 0 Å². The van der Waals surface area contributed by atoms with Gasteiger partial charge < -0.3 is 14.4 Å². The van der Waals surface area contributed by atoms with E-state index in [2.05, 4.69) is 38.3 Å². The van der Waals surface area contributed by atoms with Gasteiger partial charge in [-0.05, 0) is 83.1 Å². The van der Waals surface area contributed by atoms with E-state index in [-0.39, 0.29) is 5.82 Å². The molecule has 0 spiro atoms. The first-order chi connectivity index (χ1) is 16.0. The SMILES string of the molecule is C=NC(=C(C)C#N)N1CCC(c2nc(-c3ccc(F)c(C)c3)cn2CCN2CCCC2)CC1. The fraction of sp³-hybridized carbons (Fsp3) is 0.500. The van der Waals surface area contributed by atoms with Crippen molar-refractivity contribution < 1.29 is 4.39 Å². The van der Waals surface area contributed by atoms with Crippen LogP contribution in [-0.4, -0.2) is 58.8 Å². The van der Waals surface area contributed by atoms with E-state index in [0.717, 1.165) is 56.1 Å². The van der Waals surface area contributed by atoms with Gasteiger partial charge in [-0.25, -0.2) is 14.4 Å². The highest BCUT2D eigenvalue weighted by atomic mass is 19.1. The van der Waals surface area contributed by atoms with Crippen molar-refractivity contribution >= 4 is 6.72 Å². The molecule has 174 valence electrons. The van der Waals surface area contributed by atoms with Gasteiger partial charge in [-0.2, -0.15) is 5.26 Å². The molecule has 2 aliphatic rings. The molecule has 0 aliphatic carbocycles. The lowest BCUT2D eigenvalue weighted by atomic mass is 9.95. The summed E-state index contributed by atoms with van der Waals surface area (Å²) in [4.78, 5) is 13.8. The summed E-state index contributed by atoms with van der Waals surface area (Å²) in [5, 5.41) is 9.27. The zero-order chi connectivity index (χ0) is 23.4. The maximum atomic E-state index is 13.8. The predicted octanol–water partition coefficient (Wildman–Crippen LogP) is 4.73. The van der Waals surface area contributed by atoms with Gasteiger partial charge in [0.25, 0.3) is 0 Å². The Kier molecular flexibility index (Phi) is 7.24. The number of likely N-dealkylation sites (tertiary alicyclic amines) is 2. The number of aromatic nitrogens is 2. The minimum Gasteiger partial charge on any atom is -0.356 e. The van der Waals surface area contributed by atoms with Gasteiger partial charge in [-0.3, -0.25) is 0 Å². The lowest BCUT2D eigenvalue weighted by Crippen LogP contribution is -2.33. The second kappa shape index (κ2) is 10.3. The van der Waals surface area contributed by atoms with Crippen molar-refractivity contribution in [1.82, 2.24) is 19.4 Å². The van der Waals surface area contributed by atoms with Crippen LogP contribution in [0, 0.1) is 24.1 Å². The van der Waals surface area contributed by atoms with E-state index in [0.29, 0.717) is 22.9 Å². The maximum Gasteiger partial charge on any atom is 0.141 e. The van der Waals surface area contributed by atoms with Crippen LogP contribution in [0.3, 0.4) is 0 Å². The van der Waals surface area contributed by atoms with Crippen molar-refractivity contribution in [2.45, 2.75) is 52.0 Å². The highest BCUT2D eigenvalue weighted by Gasteiger charge is 2.27. The summed E-state index contributed by atoms with van der Waals surface area (Å²) in [5.74, 6) is 1.95. The number of nitrogens with zero attached hydrogens (tertiary/aromatic N) is 6. The minimum absolute atomic E-state index is 0.188. The van der Waals surface area contributed by atoms with Gasteiger partial charge in [-0.1, -0.05) is 0 Å². The van der Waals surface area contributed by atoms with Gasteiger partial charge in [0.15, 0.2) is 0 Å². The molecule has 6 nitrogen and oxygen atoms in total. The fourth-order valence-corrected chi connectivity index (χ4v) is 4.99. The maximum absolute atomic E-state index is 13.8. The molecule has 2 aliphatic heterocycles. The van der Waals surface area contributed by atoms with Crippen molar-refractivity contribution in [3.05, 3.63) is 53.0 Å².